The summed E-state index contributed by atoms with van der Waals surface area (Å²) in [6.45, 7) is 0. The Bertz CT molecular complexity index is 982. The second-order valence-corrected chi connectivity index (χ2v) is 8.96. The number of halogens is 2. The van der Waals surface area contributed by atoms with E-state index in [0.717, 1.165) is 22.5 Å². The van der Waals surface area contributed by atoms with E-state index in [0.29, 0.717) is 22.4 Å². The fourth-order valence-corrected chi connectivity index (χ4v) is 4.52. The van der Waals surface area contributed by atoms with Gasteiger partial charge >= 0.3 is 0 Å². The van der Waals surface area contributed by atoms with Crippen LogP contribution in [-0.2, 0) is 4.79 Å². The number of pyridine rings is 1. The summed E-state index contributed by atoms with van der Waals surface area (Å²) >= 11 is 14.2. The average Bonchev–Trinajstić information content (AvgIpc) is 3.37. The topological polar surface area (TPSA) is 62.0 Å². The number of aromatic nitrogens is 1. The van der Waals surface area contributed by atoms with Crippen LogP contribution in [0.2, 0.25) is 10.0 Å². The van der Waals surface area contributed by atoms with Crippen LogP contribution in [0.3, 0.4) is 0 Å². The fourth-order valence-electron chi connectivity index (χ4n) is 3.05. The van der Waals surface area contributed by atoms with Crippen LogP contribution in [0.15, 0.2) is 46.1 Å². The Morgan fingerprint density at radius 2 is 1.89 bits per heavy atom. The first-order chi connectivity index (χ1) is 13.0. The molecule has 1 amide bonds. The number of hydrogen-bond donors (Lipinski definition) is 2. The van der Waals surface area contributed by atoms with E-state index in [1.54, 1.807) is 23.9 Å². The molecule has 140 valence electrons. The third-order valence-electron chi connectivity index (χ3n) is 4.61. The minimum absolute atomic E-state index is 0.0365. The summed E-state index contributed by atoms with van der Waals surface area (Å²) in [6, 6.07) is 9.22. The summed E-state index contributed by atoms with van der Waals surface area (Å²) in [6.07, 6.45) is 5.68. The molecule has 1 saturated carbocycles. The number of carbonyl (C=O) groups excluding carboxylic acids is 1. The van der Waals surface area contributed by atoms with E-state index < -0.39 is 0 Å². The fraction of sp³-hybridized carbons (Fsp3) is 0.300. The molecule has 4 nitrogen and oxygen atoms in total. The second kappa shape index (κ2) is 7.74. The van der Waals surface area contributed by atoms with Crippen molar-refractivity contribution < 1.29 is 4.79 Å². The van der Waals surface area contributed by atoms with Crippen molar-refractivity contribution in [3.63, 3.8) is 0 Å². The van der Waals surface area contributed by atoms with Gasteiger partial charge < -0.3 is 10.3 Å². The van der Waals surface area contributed by atoms with Gasteiger partial charge in [0.1, 0.15) is 5.02 Å². The minimum Gasteiger partial charge on any atom is -0.350 e. The van der Waals surface area contributed by atoms with Crippen LogP contribution in [0.1, 0.15) is 36.9 Å². The van der Waals surface area contributed by atoms with Gasteiger partial charge in [-0.2, -0.15) is 0 Å². The summed E-state index contributed by atoms with van der Waals surface area (Å²) in [7, 11) is 0. The van der Waals surface area contributed by atoms with Gasteiger partial charge in [-0.05, 0) is 49.1 Å². The van der Waals surface area contributed by atoms with Crippen LogP contribution < -0.4 is 10.9 Å². The van der Waals surface area contributed by atoms with Gasteiger partial charge in [-0.25, -0.2) is 0 Å². The van der Waals surface area contributed by atoms with Crippen LogP contribution in [-0.4, -0.2) is 22.2 Å². The van der Waals surface area contributed by atoms with Crippen molar-refractivity contribution in [1.29, 1.82) is 0 Å². The van der Waals surface area contributed by atoms with Gasteiger partial charge in [0.05, 0.1) is 5.02 Å². The molecule has 1 aliphatic heterocycles. The van der Waals surface area contributed by atoms with E-state index in [9.17, 15) is 9.59 Å². The van der Waals surface area contributed by atoms with Crippen molar-refractivity contribution in [2.75, 3.05) is 0 Å². The van der Waals surface area contributed by atoms with E-state index in [1.807, 2.05) is 24.3 Å². The third-order valence-corrected chi connectivity index (χ3v) is 6.75. The first-order valence-electron chi connectivity index (χ1n) is 8.86. The second-order valence-electron chi connectivity index (χ2n) is 6.80. The smallest absolute Gasteiger partial charge is 0.267 e. The molecule has 0 bridgehead atoms. The standard InChI is InChI=1S/C20H18Cl2N2O2S/c21-15-5-6-17(24-20(15)26)14(10-12-2-8-19(25)23-12)11-1-7-18(16(22)9-11)27-13-3-4-13/h1,5-7,9-10,12-13H,2-4,8H2,(H,23,25)(H,24,26)/b14-10+/t12-/m1/s1. The molecule has 4 rings (SSSR count). The number of hydrogen-bond acceptors (Lipinski definition) is 3. The predicted octanol–water partition coefficient (Wildman–Crippen LogP) is 4.65. The number of H-pyrrole nitrogens is 1. The maximum absolute atomic E-state index is 12.0. The zero-order valence-corrected chi connectivity index (χ0v) is 16.8. The zero-order chi connectivity index (χ0) is 19.0. The Hall–Kier alpha value is -1.69. The minimum atomic E-state index is -0.345. The highest BCUT2D eigenvalue weighted by atomic mass is 35.5. The lowest BCUT2D eigenvalue weighted by molar-refractivity contribution is -0.119. The number of nitrogens with one attached hydrogen (secondary N) is 2. The first kappa shape index (κ1) is 18.7. The first-order valence-corrected chi connectivity index (χ1v) is 10.5. The lowest BCUT2D eigenvalue weighted by Gasteiger charge is -2.14. The van der Waals surface area contributed by atoms with Gasteiger partial charge in [0.2, 0.25) is 5.91 Å². The molecular formula is C20H18Cl2N2O2S. The van der Waals surface area contributed by atoms with E-state index >= 15 is 0 Å². The van der Waals surface area contributed by atoms with E-state index in [2.05, 4.69) is 10.3 Å². The number of amides is 1. The van der Waals surface area contributed by atoms with Crippen molar-refractivity contribution in [2.24, 2.45) is 0 Å². The molecule has 2 aromatic rings. The van der Waals surface area contributed by atoms with Crippen LogP contribution in [0.4, 0.5) is 0 Å². The number of aromatic amines is 1. The van der Waals surface area contributed by atoms with Crippen molar-refractivity contribution in [2.45, 2.75) is 41.9 Å². The molecule has 1 aromatic carbocycles. The average molecular weight is 421 g/mol. The highest BCUT2D eigenvalue weighted by molar-refractivity contribution is 8.00. The summed E-state index contributed by atoms with van der Waals surface area (Å²) in [5.41, 5.74) is 2.01. The third kappa shape index (κ3) is 4.42. The molecule has 1 atom stereocenters. The van der Waals surface area contributed by atoms with Crippen molar-refractivity contribution in [3.8, 4) is 0 Å². The molecular weight excluding hydrogens is 403 g/mol. The Morgan fingerprint density at radius 1 is 1.07 bits per heavy atom. The van der Waals surface area contributed by atoms with Crippen LogP contribution in [0, 0.1) is 0 Å². The Balaban J connectivity index is 1.73. The maximum Gasteiger partial charge on any atom is 0.267 e. The van der Waals surface area contributed by atoms with Gasteiger partial charge in [-0.15, -0.1) is 11.8 Å². The molecule has 27 heavy (non-hydrogen) atoms. The highest BCUT2D eigenvalue weighted by Crippen LogP contribution is 2.42. The predicted molar refractivity (Wildman–Crippen MR) is 111 cm³/mol. The molecule has 2 fully saturated rings. The molecule has 0 unspecified atom stereocenters. The van der Waals surface area contributed by atoms with Gasteiger partial charge in [-0.3, -0.25) is 9.59 Å². The number of benzene rings is 1. The molecule has 2 N–H and O–H groups in total. The molecule has 7 heteroatoms. The van der Waals surface area contributed by atoms with Crippen LogP contribution >= 0.6 is 35.0 Å². The Morgan fingerprint density at radius 3 is 2.52 bits per heavy atom. The summed E-state index contributed by atoms with van der Waals surface area (Å²) in [5.74, 6) is 0.0365. The summed E-state index contributed by atoms with van der Waals surface area (Å²) < 4.78 is 0. The monoisotopic (exact) mass is 420 g/mol. The molecule has 1 aromatic heterocycles. The SMILES string of the molecule is O=C1CC[C@H](/C=C(\c2ccc(SC3CC3)c(Cl)c2)c2ccc(Cl)c(=O)[nH]2)N1. The Labute approximate surface area is 171 Å². The number of thioether (sulfide) groups is 1. The summed E-state index contributed by atoms with van der Waals surface area (Å²) in [5, 5.41) is 4.45. The molecule has 0 spiro atoms. The van der Waals surface area contributed by atoms with Gasteiger partial charge in [-0.1, -0.05) is 35.3 Å². The van der Waals surface area contributed by atoms with E-state index in [-0.39, 0.29) is 22.5 Å². The molecule has 1 aliphatic carbocycles. The lowest BCUT2D eigenvalue weighted by atomic mass is 9.99. The largest absolute Gasteiger partial charge is 0.350 e. The molecule has 2 heterocycles. The van der Waals surface area contributed by atoms with Gasteiger partial charge in [0.15, 0.2) is 0 Å². The summed E-state index contributed by atoms with van der Waals surface area (Å²) in [4.78, 5) is 27.5. The van der Waals surface area contributed by atoms with Crippen LogP contribution in [0.5, 0.6) is 0 Å². The van der Waals surface area contributed by atoms with Gasteiger partial charge in [0.25, 0.3) is 5.56 Å². The molecule has 1 saturated heterocycles. The Kier molecular flexibility index (Phi) is 5.35. The van der Waals surface area contributed by atoms with Crippen molar-refractivity contribution in [1.82, 2.24) is 10.3 Å². The molecule has 0 radical (unpaired) electrons. The van der Waals surface area contributed by atoms with Gasteiger partial charge in [0, 0.05) is 33.9 Å². The van der Waals surface area contributed by atoms with Crippen LogP contribution in [0.25, 0.3) is 5.57 Å². The zero-order valence-electron chi connectivity index (χ0n) is 14.4. The number of rotatable bonds is 5. The van der Waals surface area contributed by atoms with Crippen molar-refractivity contribution in [3.05, 3.63) is 68.1 Å². The maximum atomic E-state index is 12.0. The van der Waals surface area contributed by atoms with E-state index in [1.165, 1.54) is 12.8 Å². The van der Waals surface area contributed by atoms with E-state index in [4.69, 9.17) is 23.2 Å². The quantitative estimate of drug-likeness (QED) is 0.739. The highest BCUT2D eigenvalue weighted by Gasteiger charge is 2.24. The van der Waals surface area contributed by atoms with Crippen molar-refractivity contribution >= 4 is 46.4 Å². The molecule has 2 aliphatic rings. The normalized spacial score (nSPS) is 20.0. The number of carbonyl (C=O) groups is 1. The lowest BCUT2D eigenvalue weighted by Crippen LogP contribution is -2.23.